The van der Waals surface area contributed by atoms with Gasteiger partial charge in [0, 0.05) is 31.0 Å². The first kappa shape index (κ1) is 26.6. The Bertz CT molecular complexity index is 1360. The van der Waals surface area contributed by atoms with Gasteiger partial charge in [-0.2, -0.15) is 0 Å². The van der Waals surface area contributed by atoms with Crippen molar-refractivity contribution in [3.8, 4) is 17.2 Å². The lowest BCUT2D eigenvalue weighted by atomic mass is 9.94. The monoisotopic (exact) mass is 516 g/mol. The summed E-state index contributed by atoms with van der Waals surface area (Å²) in [6, 6.07) is 17.6. The maximum absolute atomic E-state index is 13.4. The number of hydrogen-bond donors (Lipinski definition) is 2. The highest BCUT2D eigenvalue weighted by atomic mass is 16.5. The first-order chi connectivity index (χ1) is 18.1. The van der Waals surface area contributed by atoms with Crippen LogP contribution in [-0.4, -0.2) is 48.7 Å². The van der Waals surface area contributed by atoms with Crippen molar-refractivity contribution < 1.29 is 29.3 Å². The maximum atomic E-state index is 13.4. The first-order valence-electron chi connectivity index (χ1n) is 12.4. The number of Topliss-reactive ketones (excluding diaryl/α,β-unsaturated/α-hetero) is 1. The molecule has 1 heterocycles. The fourth-order valence-corrected chi connectivity index (χ4v) is 4.42. The number of rotatable bonds is 8. The van der Waals surface area contributed by atoms with Crippen molar-refractivity contribution in [2.45, 2.75) is 32.9 Å². The number of benzene rings is 3. The number of aromatic hydroxyl groups is 1. The van der Waals surface area contributed by atoms with Crippen LogP contribution in [0.25, 0.3) is 5.76 Å². The summed E-state index contributed by atoms with van der Waals surface area (Å²) in [4.78, 5) is 30.2. The van der Waals surface area contributed by atoms with Crippen LogP contribution in [0.5, 0.6) is 17.2 Å². The second kappa shape index (κ2) is 10.9. The second-order valence-electron chi connectivity index (χ2n) is 9.43. The topological polar surface area (TPSA) is 99.5 Å². The molecule has 4 rings (SSSR count). The smallest absolute Gasteiger partial charge is 0.300 e. The molecule has 1 unspecified atom stereocenters. The van der Waals surface area contributed by atoms with Crippen LogP contribution in [0.15, 0.2) is 72.3 Å². The molecule has 198 valence electrons. The predicted molar refractivity (Wildman–Crippen MR) is 147 cm³/mol. The van der Waals surface area contributed by atoms with Crippen molar-refractivity contribution >= 4 is 28.8 Å². The molecule has 1 atom stereocenters. The van der Waals surface area contributed by atoms with Crippen molar-refractivity contribution in [3.05, 3.63) is 83.4 Å². The van der Waals surface area contributed by atoms with Gasteiger partial charge in [-0.1, -0.05) is 6.07 Å². The van der Waals surface area contributed by atoms with E-state index in [2.05, 4.69) is 0 Å². The minimum atomic E-state index is -0.952. The zero-order chi connectivity index (χ0) is 27.6. The highest BCUT2D eigenvalue weighted by Gasteiger charge is 2.47. The summed E-state index contributed by atoms with van der Waals surface area (Å²) in [5.41, 5.74) is 2.24. The molecule has 38 heavy (non-hydrogen) atoms. The molecule has 1 aliphatic rings. The van der Waals surface area contributed by atoms with Crippen LogP contribution in [0.4, 0.5) is 11.4 Å². The zero-order valence-corrected chi connectivity index (χ0v) is 22.1. The van der Waals surface area contributed by atoms with Crippen LogP contribution >= 0.6 is 0 Å². The number of carbonyl (C=O) groups is 2. The SMILES string of the molecule is CCOc1cc(C2/C(=C(/O)c3ccc(OC(C)C)cc3)C(=O)C(=O)N2c2ccc(N(C)C)cc2)ccc1O. The molecular formula is C30H32N2O6. The number of carbonyl (C=O) groups excluding carboxylic acids is 2. The highest BCUT2D eigenvalue weighted by Crippen LogP contribution is 2.44. The summed E-state index contributed by atoms with van der Waals surface area (Å²) >= 11 is 0. The summed E-state index contributed by atoms with van der Waals surface area (Å²) in [6.45, 7) is 5.92. The lowest BCUT2D eigenvalue weighted by Crippen LogP contribution is -2.29. The lowest BCUT2D eigenvalue weighted by Gasteiger charge is -2.26. The summed E-state index contributed by atoms with van der Waals surface area (Å²) in [5.74, 6) is -1.10. The van der Waals surface area contributed by atoms with Gasteiger partial charge in [-0.05, 0) is 87.0 Å². The van der Waals surface area contributed by atoms with Crippen LogP contribution in [0, 0.1) is 0 Å². The van der Waals surface area contributed by atoms with Gasteiger partial charge in [0.2, 0.25) is 0 Å². The molecule has 2 N–H and O–H groups in total. The average Bonchev–Trinajstić information content (AvgIpc) is 3.15. The van der Waals surface area contributed by atoms with E-state index in [1.807, 2.05) is 45.0 Å². The van der Waals surface area contributed by atoms with Crippen molar-refractivity contribution in [1.82, 2.24) is 0 Å². The molecule has 1 fully saturated rings. The van der Waals surface area contributed by atoms with Gasteiger partial charge >= 0.3 is 0 Å². The van der Waals surface area contributed by atoms with Gasteiger partial charge in [0.1, 0.15) is 11.5 Å². The quantitative estimate of drug-likeness (QED) is 0.239. The Kier molecular flexibility index (Phi) is 7.62. The van der Waals surface area contributed by atoms with Crippen LogP contribution in [0.2, 0.25) is 0 Å². The number of nitrogens with zero attached hydrogens (tertiary/aromatic N) is 2. The van der Waals surface area contributed by atoms with E-state index in [9.17, 15) is 19.8 Å². The molecule has 0 saturated carbocycles. The molecule has 8 heteroatoms. The molecule has 3 aromatic rings. The van der Waals surface area contributed by atoms with E-state index in [-0.39, 0.29) is 28.9 Å². The highest BCUT2D eigenvalue weighted by molar-refractivity contribution is 6.51. The van der Waals surface area contributed by atoms with Gasteiger partial charge in [0.25, 0.3) is 11.7 Å². The number of ether oxygens (including phenoxy) is 2. The summed E-state index contributed by atoms with van der Waals surface area (Å²) in [5, 5.41) is 21.6. The molecule has 0 aromatic heterocycles. The van der Waals surface area contributed by atoms with E-state index in [1.165, 1.54) is 11.0 Å². The second-order valence-corrected chi connectivity index (χ2v) is 9.43. The Balaban J connectivity index is 1.88. The van der Waals surface area contributed by atoms with E-state index < -0.39 is 17.7 Å². The third-order valence-corrected chi connectivity index (χ3v) is 6.19. The Morgan fingerprint density at radius 1 is 1.00 bits per heavy atom. The van der Waals surface area contributed by atoms with Crippen molar-refractivity contribution in [2.75, 3.05) is 30.5 Å². The molecule has 8 nitrogen and oxygen atoms in total. The van der Waals surface area contributed by atoms with Crippen LogP contribution < -0.4 is 19.3 Å². The first-order valence-corrected chi connectivity index (χ1v) is 12.4. The van der Waals surface area contributed by atoms with Crippen LogP contribution in [0.1, 0.15) is 37.9 Å². The molecule has 0 aliphatic carbocycles. The van der Waals surface area contributed by atoms with Crippen LogP contribution in [-0.2, 0) is 9.59 Å². The van der Waals surface area contributed by atoms with Crippen LogP contribution in [0.3, 0.4) is 0 Å². The average molecular weight is 517 g/mol. The van der Waals surface area contributed by atoms with E-state index in [4.69, 9.17) is 9.47 Å². The van der Waals surface area contributed by atoms with Gasteiger partial charge in [0.05, 0.1) is 24.3 Å². The fraction of sp³-hybridized carbons (Fsp3) is 0.267. The Labute approximate surface area is 222 Å². The Hall–Kier alpha value is -4.46. The third-order valence-electron chi connectivity index (χ3n) is 6.19. The molecule has 0 bridgehead atoms. The summed E-state index contributed by atoms with van der Waals surface area (Å²) in [7, 11) is 3.81. The largest absolute Gasteiger partial charge is 0.507 e. The molecule has 1 aliphatic heterocycles. The van der Waals surface area contributed by atoms with Gasteiger partial charge < -0.3 is 24.6 Å². The number of phenols is 1. The Morgan fingerprint density at radius 2 is 1.66 bits per heavy atom. The minimum Gasteiger partial charge on any atom is -0.507 e. The van der Waals surface area contributed by atoms with E-state index in [1.54, 1.807) is 55.5 Å². The van der Waals surface area contributed by atoms with Crippen molar-refractivity contribution in [2.24, 2.45) is 0 Å². The molecule has 3 aromatic carbocycles. The van der Waals surface area contributed by atoms with Crippen molar-refractivity contribution in [1.29, 1.82) is 0 Å². The normalized spacial score (nSPS) is 16.7. The number of hydrogen-bond acceptors (Lipinski definition) is 7. The van der Waals surface area contributed by atoms with Gasteiger partial charge in [-0.25, -0.2) is 0 Å². The van der Waals surface area contributed by atoms with Crippen molar-refractivity contribution in [3.63, 3.8) is 0 Å². The molecule has 1 saturated heterocycles. The number of anilines is 2. The summed E-state index contributed by atoms with van der Waals surface area (Å²) < 4.78 is 11.2. The van der Waals surface area contributed by atoms with E-state index in [0.29, 0.717) is 29.2 Å². The number of amides is 1. The third kappa shape index (κ3) is 5.16. The lowest BCUT2D eigenvalue weighted by molar-refractivity contribution is -0.132. The van der Waals surface area contributed by atoms with E-state index in [0.717, 1.165) is 5.69 Å². The fourth-order valence-electron chi connectivity index (χ4n) is 4.42. The predicted octanol–water partition coefficient (Wildman–Crippen LogP) is 5.27. The zero-order valence-electron chi connectivity index (χ0n) is 22.1. The minimum absolute atomic E-state index is 0.0207. The number of aliphatic hydroxyl groups excluding tert-OH is 1. The summed E-state index contributed by atoms with van der Waals surface area (Å²) in [6.07, 6.45) is -0.0207. The van der Waals surface area contributed by atoms with Gasteiger partial charge in [-0.3, -0.25) is 14.5 Å². The standard InChI is InChI=1S/C30H32N2O6/c1-6-37-25-17-20(9-16-24(25)33)27-26(28(34)19-7-14-23(15-8-19)38-18(2)3)29(35)30(36)32(27)22-12-10-21(11-13-22)31(4)5/h7-18,27,33-34H,6H2,1-5H3/b28-26-. The number of aliphatic hydroxyl groups is 1. The molecular weight excluding hydrogens is 484 g/mol. The van der Waals surface area contributed by atoms with Gasteiger partial charge in [-0.15, -0.1) is 0 Å². The molecule has 0 spiro atoms. The van der Waals surface area contributed by atoms with Gasteiger partial charge in [0.15, 0.2) is 11.5 Å². The number of phenolic OH excluding ortho intramolecular Hbond substituents is 1. The molecule has 1 amide bonds. The molecule has 0 radical (unpaired) electrons. The Morgan fingerprint density at radius 3 is 2.24 bits per heavy atom. The number of ketones is 1. The van der Waals surface area contributed by atoms with E-state index >= 15 is 0 Å². The maximum Gasteiger partial charge on any atom is 0.300 e.